The fraction of sp³-hybridized carbons (Fsp3) is 0.435. The van der Waals surface area contributed by atoms with Crippen molar-refractivity contribution in [3.8, 4) is 5.88 Å². The summed E-state index contributed by atoms with van der Waals surface area (Å²) < 4.78 is 42.3. The van der Waals surface area contributed by atoms with Crippen molar-refractivity contribution in [3.63, 3.8) is 0 Å². The van der Waals surface area contributed by atoms with Crippen LogP contribution in [0.25, 0.3) is 0 Å². The Kier molecular flexibility index (Phi) is 7.37. The molecule has 1 unspecified atom stereocenters. The summed E-state index contributed by atoms with van der Waals surface area (Å²) in [5.41, 5.74) is 2.32. The van der Waals surface area contributed by atoms with E-state index in [1.807, 2.05) is 38.1 Å². The Hall–Kier alpha value is -3.10. The molecule has 6 nitrogen and oxygen atoms in total. The third kappa shape index (κ3) is 6.21. The van der Waals surface area contributed by atoms with Gasteiger partial charge in [-0.05, 0) is 23.1 Å². The molecular weight excluding hydrogens is 423 g/mol. The average molecular weight is 449 g/mol. The predicted molar refractivity (Wildman–Crippen MR) is 112 cm³/mol. The van der Waals surface area contributed by atoms with Crippen LogP contribution in [0.4, 0.5) is 13.2 Å². The smallest absolute Gasteiger partial charge is 0.422 e. The summed E-state index contributed by atoms with van der Waals surface area (Å²) in [5, 5.41) is 2.74. The lowest BCUT2D eigenvalue weighted by molar-refractivity contribution is -0.154. The Morgan fingerprint density at radius 2 is 1.91 bits per heavy atom. The highest BCUT2D eigenvalue weighted by atomic mass is 19.4. The second-order valence-electron chi connectivity index (χ2n) is 8.20. The summed E-state index contributed by atoms with van der Waals surface area (Å²) in [5.74, 6) is -0.522. The standard InChI is InChI=1S/C23H26F3N3O3/c1-15(2)10-20(30)29-13-18-7-4-3-6-16(18)11-19(29)21(31)28-12-17-8-5-9-27-22(17)32-14-23(24,25)26/h3-9,15,19H,10-14H2,1-2H3,(H,28,31). The zero-order chi connectivity index (χ0) is 23.3. The number of fused-ring (bicyclic) bond motifs is 1. The number of carbonyl (C=O) groups excluding carboxylic acids is 2. The highest BCUT2D eigenvalue weighted by molar-refractivity contribution is 5.88. The van der Waals surface area contributed by atoms with E-state index in [1.165, 1.54) is 12.3 Å². The van der Waals surface area contributed by atoms with Crippen LogP contribution in [0.1, 0.15) is 37.0 Å². The Balaban J connectivity index is 1.73. The molecule has 172 valence electrons. The molecule has 2 amide bonds. The van der Waals surface area contributed by atoms with Crippen molar-refractivity contribution in [1.82, 2.24) is 15.2 Å². The number of hydrogen-bond acceptors (Lipinski definition) is 4. The molecule has 1 aliphatic rings. The monoisotopic (exact) mass is 449 g/mol. The van der Waals surface area contributed by atoms with Crippen LogP contribution in [0.15, 0.2) is 42.6 Å². The van der Waals surface area contributed by atoms with Gasteiger partial charge < -0.3 is 15.0 Å². The van der Waals surface area contributed by atoms with Crippen LogP contribution in [0, 0.1) is 5.92 Å². The van der Waals surface area contributed by atoms with Gasteiger partial charge in [-0.3, -0.25) is 9.59 Å². The first kappa shape index (κ1) is 23.6. The normalized spacial score (nSPS) is 15.9. The van der Waals surface area contributed by atoms with Crippen LogP contribution in [0.2, 0.25) is 0 Å². The van der Waals surface area contributed by atoms with Gasteiger partial charge in [0.15, 0.2) is 6.61 Å². The highest BCUT2D eigenvalue weighted by Gasteiger charge is 2.34. The molecule has 0 saturated carbocycles. The Bertz CT molecular complexity index is 963. The maximum absolute atomic E-state index is 13.1. The third-order valence-electron chi connectivity index (χ3n) is 5.13. The summed E-state index contributed by atoms with van der Waals surface area (Å²) in [6, 6.07) is 10.1. The maximum Gasteiger partial charge on any atom is 0.422 e. The summed E-state index contributed by atoms with van der Waals surface area (Å²) in [7, 11) is 0. The Morgan fingerprint density at radius 3 is 2.59 bits per heavy atom. The van der Waals surface area contributed by atoms with Crippen LogP contribution >= 0.6 is 0 Å². The number of alkyl halides is 3. The van der Waals surface area contributed by atoms with Gasteiger partial charge in [0.25, 0.3) is 0 Å². The number of hydrogen-bond donors (Lipinski definition) is 1. The number of amides is 2. The van der Waals surface area contributed by atoms with Gasteiger partial charge in [0, 0.05) is 37.7 Å². The van der Waals surface area contributed by atoms with E-state index in [1.54, 1.807) is 11.0 Å². The zero-order valence-corrected chi connectivity index (χ0v) is 18.0. The molecule has 1 aliphatic heterocycles. The summed E-state index contributed by atoms with van der Waals surface area (Å²) in [4.78, 5) is 31.3. The minimum Gasteiger partial charge on any atom is -0.468 e. The van der Waals surface area contributed by atoms with E-state index >= 15 is 0 Å². The quantitative estimate of drug-likeness (QED) is 0.701. The lowest BCUT2D eigenvalue weighted by atomic mass is 9.92. The first-order valence-electron chi connectivity index (χ1n) is 10.4. The molecule has 32 heavy (non-hydrogen) atoms. The number of halogens is 3. The summed E-state index contributed by atoms with van der Waals surface area (Å²) in [6.45, 7) is 2.68. The third-order valence-corrected chi connectivity index (χ3v) is 5.13. The average Bonchev–Trinajstić information content (AvgIpc) is 2.74. The first-order valence-corrected chi connectivity index (χ1v) is 10.4. The van der Waals surface area contributed by atoms with E-state index in [0.29, 0.717) is 24.9 Å². The molecule has 0 bridgehead atoms. The van der Waals surface area contributed by atoms with Crippen molar-refractivity contribution < 1.29 is 27.5 Å². The van der Waals surface area contributed by atoms with E-state index in [-0.39, 0.29) is 30.2 Å². The van der Waals surface area contributed by atoms with E-state index in [9.17, 15) is 22.8 Å². The van der Waals surface area contributed by atoms with E-state index in [4.69, 9.17) is 4.74 Å². The SMILES string of the molecule is CC(C)CC(=O)N1Cc2ccccc2CC1C(=O)NCc1cccnc1OCC(F)(F)F. The fourth-order valence-corrected chi connectivity index (χ4v) is 3.62. The Morgan fingerprint density at radius 1 is 1.19 bits per heavy atom. The summed E-state index contributed by atoms with van der Waals surface area (Å²) >= 11 is 0. The number of benzene rings is 1. The fourth-order valence-electron chi connectivity index (χ4n) is 3.62. The minimum atomic E-state index is -4.50. The predicted octanol–water partition coefficient (Wildman–Crippen LogP) is 3.64. The van der Waals surface area contributed by atoms with E-state index in [0.717, 1.165) is 11.1 Å². The van der Waals surface area contributed by atoms with Crippen LogP contribution in [0.5, 0.6) is 5.88 Å². The lowest BCUT2D eigenvalue weighted by Gasteiger charge is -2.36. The minimum absolute atomic E-state index is 0.0653. The van der Waals surface area contributed by atoms with Crippen molar-refractivity contribution in [2.45, 2.75) is 52.0 Å². The van der Waals surface area contributed by atoms with Crippen LogP contribution in [-0.4, -0.2) is 40.5 Å². The molecule has 2 aromatic rings. The van der Waals surface area contributed by atoms with Crippen molar-refractivity contribution in [2.75, 3.05) is 6.61 Å². The zero-order valence-electron chi connectivity index (χ0n) is 18.0. The van der Waals surface area contributed by atoms with Crippen molar-refractivity contribution in [3.05, 3.63) is 59.3 Å². The molecule has 0 radical (unpaired) electrons. The largest absolute Gasteiger partial charge is 0.468 e. The summed E-state index contributed by atoms with van der Waals surface area (Å²) in [6.07, 6.45) is -2.48. The van der Waals surface area contributed by atoms with Gasteiger partial charge in [-0.1, -0.05) is 44.2 Å². The molecule has 1 aromatic heterocycles. The second kappa shape index (κ2) is 10.0. The van der Waals surface area contributed by atoms with Gasteiger partial charge in [0.2, 0.25) is 17.7 Å². The highest BCUT2D eigenvalue weighted by Crippen LogP contribution is 2.25. The number of pyridine rings is 1. The van der Waals surface area contributed by atoms with Gasteiger partial charge in [-0.2, -0.15) is 13.2 Å². The molecule has 0 saturated heterocycles. The number of aromatic nitrogens is 1. The van der Waals surface area contributed by atoms with Crippen molar-refractivity contribution in [2.24, 2.45) is 5.92 Å². The van der Waals surface area contributed by atoms with Gasteiger partial charge in [0.05, 0.1) is 0 Å². The molecular formula is C23H26F3N3O3. The topological polar surface area (TPSA) is 71.5 Å². The maximum atomic E-state index is 13.1. The number of carbonyl (C=O) groups is 2. The molecule has 1 aromatic carbocycles. The van der Waals surface area contributed by atoms with Crippen LogP contribution < -0.4 is 10.1 Å². The molecule has 1 N–H and O–H groups in total. The van der Waals surface area contributed by atoms with E-state index < -0.39 is 18.8 Å². The number of nitrogens with one attached hydrogen (secondary N) is 1. The molecule has 0 aliphatic carbocycles. The number of nitrogens with zero attached hydrogens (tertiary/aromatic N) is 2. The molecule has 9 heteroatoms. The Labute approximate surface area is 184 Å². The van der Waals surface area contributed by atoms with Gasteiger partial charge >= 0.3 is 6.18 Å². The van der Waals surface area contributed by atoms with Gasteiger partial charge in [-0.25, -0.2) is 4.98 Å². The van der Waals surface area contributed by atoms with Gasteiger partial charge in [0.1, 0.15) is 6.04 Å². The first-order chi connectivity index (χ1) is 15.1. The number of ether oxygens (including phenoxy) is 1. The van der Waals surface area contributed by atoms with Crippen molar-refractivity contribution in [1.29, 1.82) is 0 Å². The lowest BCUT2D eigenvalue weighted by Crippen LogP contribution is -2.52. The molecule has 1 atom stereocenters. The molecule has 0 fully saturated rings. The number of rotatable bonds is 7. The molecule has 3 rings (SSSR count). The van der Waals surface area contributed by atoms with Gasteiger partial charge in [-0.15, -0.1) is 0 Å². The molecule has 0 spiro atoms. The van der Waals surface area contributed by atoms with E-state index in [2.05, 4.69) is 10.3 Å². The molecule has 2 heterocycles. The van der Waals surface area contributed by atoms with Crippen molar-refractivity contribution >= 4 is 11.8 Å². The van der Waals surface area contributed by atoms with Crippen LogP contribution in [0.3, 0.4) is 0 Å². The van der Waals surface area contributed by atoms with Crippen LogP contribution in [-0.2, 0) is 29.1 Å². The second-order valence-corrected chi connectivity index (χ2v) is 8.20.